The predicted octanol–water partition coefficient (Wildman–Crippen LogP) is 3.01. The molecule has 80 valence electrons. The minimum atomic E-state index is -2.60. The predicted molar refractivity (Wildman–Crippen MR) is 53.9 cm³/mol. The Morgan fingerprint density at radius 2 is 2.00 bits per heavy atom. The first-order chi connectivity index (χ1) is 7.08. The minimum absolute atomic E-state index is 0.130. The lowest BCUT2D eigenvalue weighted by molar-refractivity contribution is 0.107. The van der Waals surface area contributed by atoms with Crippen LogP contribution in [0.2, 0.25) is 0 Å². The van der Waals surface area contributed by atoms with E-state index in [-0.39, 0.29) is 5.76 Å². The van der Waals surface area contributed by atoms with Crippen LogP contribution in [0.15, 0.2) is 28.7 Å². The van der Waals surface area contributed by atoms with Crippen molar-refractivity contribution < 1.29 is 13.2 Å². The molecule has 2 nitrogen and oxygen atoms in total. The van der Waals surface area contributed by atoms with Crippen molar-refractivity contribution in [2.75, 3.05) is 0 Å². The van der Waals surface area contributed by atoms with E-state index in [0.29, 0.717) is 5.58 Å². The number of rotatable bonds is 2. The van der Waals surface area contributed by atoms with Gasteiger partial charge in [0.05, 0.1) is 0 Å². The van der Waals surface area contributed by atoms with Crippen molar-refractivity contribution in [1.82, 2.24) is 0 Å². The van der Waals surface area contributed by atoms with Crippen molar-refractivity contribution in [3.05, 3.63) is 35.6 Å². The smallest absolute Gasteiger partial charge is 0.260 e. The lowest BCUT2D eigenvalue weighted by atomic mass is 10.1. The van der Waals surface area contributed by atoms with E-state index in [2.05, 4.69) is 0 Å². The summed E-state index contributed by atoms with van der Waals surface area (Å²) in [4.78, 5) is 0. The molecule has 0 aliphatic rings. The Labute approximate surface area is 85.7 Å². The lowest BCUT2D eigenvalue weighted by Crippen LogP contribution is -2.17. The molecular formula is C11H11F2NO. The Bertz CT molecular complexity index is 478. The topological polar surface area (TPSA) is 39.2 Å². The van der Waals surface area contributed by atoms with Gasteiger partial charge in [-0.25, -0.2) is 8.78 Å². The fourth-order valence-electron chi connectivity index (χ4n) is 1.47. The van der Waals surface area contributed by atoms with Crippen molar-refractivity contribution in [3.8, 4) is 0 Å². The average molecular weight is 211 g/mol. The Balaban J connectivity index is 2.47. The van der Waals surface area contributed by atoms with Crippen molar-refractivity contribution in [1.29, 1.82) is 0 Å². The Morgan fingerprint density at radius 1 is 1.27 bits per heavy atom. The van der Waals surface area contributed by atoms with E-state index < -0.39 is 12.5 Å². The molecule has 2 N–H and O–H groups in total. The molecule has 2 aromatic rings. The average Bonchev–Trinajstić information content (AvgIpc) is 2.58. The molecule has 1 heterocycles. The fourth-order valence-corrected chi connectivity index (χ4v) is 1.47. The van der Waals surface area contributed by atoms with Gasteiger partial charge in [0.2, 0.25) is 0 Å². The molecule has 0 saturated heterocycles. The molecule has 1 unspecified atom stereocenters. The van der Waals surface area contributed by atoms with Gasteiger partial charge in [-0.1, -0.05) is 11.6 Å². The molecule has 0 aliphatic heterocycles. The van der Waals surface area contributed by atoms with Crippen molar-refractivity contribution in [3.63, 3.8) is 0 Å². The molecule has 2 rings (SSSR count). The Hall–Kier alpha value is -1.42. The van der Waals surface area contributed by atoms with Crippen LogP contribution in [0.4, 0.5) is 8.78 Å². The van der Waals surface area contributed by atoms with Crippen LogP contribution >= 0.6 is 0 Å². The summed E-state index contributed by atoms with van der Waals surface area (Å²) >= 11 is 0. The monoisotopic (exact) mass is 211 g/mol. The summed E-state index contributed by atoms with van der Waals surface area (Å²) in [5.74, 6) is 0.130. The molecule has 0 aliphatic carbocycles. The summed E-state index contributed by atoms with van der Waals surface area (Å²) in [6.45, 7) is 1.93. The molecule has 0 amide bonds. The van der Waals surface area contributed by atoms with E-state index in [4.69, 9.17) is 10.2 Å². The van der Waals surface area contributed by atoms with Crippen LogP contribution in [0.3, 0.4) is 0 Å². The van der Waals surface area contributed by atoms with E-state index in [9.17, 15) is 8.78 Å². The molecule has 0 saturated carbocycles. The largest absolute Gasteiger partial charge is 0.459 e. The number of fused-ring (bicyclic) bond motifs is 1. The van der Waals surface area contributed by atoms with E-state index in [1.165, 1.54) is 0 Å². The SMILES string of the molecule is Cc1ccc2oc(C(N)C(F)F)cc2c1. The molecule has 4 heteroatoms. The van der Waals surface area contributed by atoms with Gasteiger partial charge >= 0.3 is 0 Å². The first-order valence-corrected chi connectivity index (χ1v) is 4.62. The Kier molecular flexibility index (Phi) is 2.44. The highest BCUT2D eigenvalue weighted by Gasteiger charge is 2.21. The van der Waals surface area contributed by atoms with Crippen molar-refractivity contribution in [2.45, 2.75) is 19.4 Å². The molecule has 1 aromatic carbocycles. The van der Waals surface area contributed by atoms with Gasteiger partial charge in [-0.05, 0) is 25.1 Å². The van der Waals surface area contributed by atoms with Crippen LogP contribution in [0.1, 0.15) is 17.4 Å². The molecular weight excluding hydrogens is 200 g/mol. The number of hydrogen-bond acceptors (Lipinski definition) is 2. The van der Waals surface area contributed by atoms with E-state index in [1.807, 2.05) is 19.1 Å². The normalized spacial score (nSPS) is 13.7. The van der Waals surface area contributed by atoms with Gasteiger partial charge in [0.1, 0.15) is 17.4 Å². The van der Waals surface area contributed by atoms with Gasteiger partial charge in [-0.2, -0.15) is 0 Å². The van der Waals surface area contributed by atoms with E-state index >= 15 is 0 Å². The number of aryl methyl sites for hydroxylation is 1. The summed E-state index contributed by atoms with van der Waals surface area (Å²) in [7, 11) is 0. The van der Waals surface area contributed by atoms with E-state index in [1.54, 1.807) is 12.1 Å². The zero-order valence-electron chi connectivity index (χ0n) is 8.21. The highest BCUT2D eigenvalue weighted by molar-refractivity contribution is 5.78. The number of halogens is 2. The number of furan rings is 1. The van der Waals surface area contributed by atoms with Gasteiger partial charge in [0.25, 0.3) is 6.43 Å². The maximum atomic E-state index is 12.3. The zero-order valence-corrected chi connectivity index (χ0v) is 8.21. The van der Waals surface area contributed by atoms with Crippen molar-refractivity contribution in [2.24, 2.45) is 5.73 Å². The van der Waals surface area contributed by atoms with Crippen LogP contribution in [-0.2, 0) is 0 Å². The lowest BCUT2D eigenvalue weighted by Gasteiger charge is -2.05. The van der Waals surface area contributed by atoms with Crippen LogP contribution in [0.25, 0.3) is 11.0 Å². The summed E-state index contributed by atoms with van der Waals surface area (Å²) in [5.41, 5.74) is 6.94. The number of nitrogens with two attached hydrogens (primary N) is 1. The quantitative estimate of drug-likeness (QED) is 0.829. The van der Waals surface area contributed by atoms with Gasteiger partial charge in [-0.3, -0.25) is 0 Å². The molecule has 15 heavy (non-hydrogen) atoms. The molecule has 0 bridgehead atoms. The second kappa shape index (κ2) is 3.62. The highest BCUT2D eigenvalue weighted by Crippen LogP contribution is 2.26. The van der Waals surface area contributed by atoms with Gasteiger partial charge in [-0.15, -0.1) is 0 Å². The first-order valence-electron chi connectivity index (χ1n) is 4.62. The zero-order chi connectivity index (χ0) is 11.0. The highest BCUT2D eigenvalue weighted by atomic mass is 19.3. The second-order valence-corrected chi connectivity index (χ2v) is 3.55. The van der Waals surface area contributed by atoms with Crippen LogP contribution in [0.5, 0.6) is 0 Å². The molecule has 0 fully saturated rings. The van der Waals surface area contributed by atoms with Gasteiger partial charge in [0, 0.05) is 5.39 Å². The minimum Gasteiger partial charge on any atom is -0.459 e. The maximum absolute atomic E-state index is 12.3. The van der Waals surface area contributed by atoms with Crippen molar-refractivity contribution >= 4 is 11.0 Å². The molecule has 1 atom stereocenters. The fraction of sp³-hybridized carbons (Fsp3) is 0.273. The second-order valence-electron chi connectivity index (χ2n) is 3.55. The van der Waals surface area contributed by atoms with E-state index in [0.717, 1.165) is 10.9 Å². The third kappa shape index (κ3) is 1.85. The maximum Gasteiger partial charge on any atom is 0.260 e. The summed E-state index contributed by atoms with van der Waals surface area (Å²) in [5, 5.41) is 0.807. The number of hydrogen-bond donors (Lipinski definition) is 1. The third-order valence-electron chi connectivity index (χ3n) is 2.29. The van der Waals surface area contributed by atoms with Gasteiger partial charge < -0.3 is 10.2 Å². The van der Waals surface area contributed by atoms with Crippen LogP contribution in [0, 0.1) is 6.92 Å². The summed E-state index contributed by atoms with van der Waals surface area (Å²) < 4.78 is 29.9. The standard InChI is InChI=1S/C11H11F2NO/c1-6-2-3-8-7(4-6)5-9(15-8)10(14)11(12)13/h2-5,10-11H,14H2,1H3. The van der Waals surface area contributed by atoms with Crippen LogP contribution < -0.4 is 5.73 Å². The Morgan fingerprint density at radius 3 is 2.67 bits per heavy atom. The summed E-state index contributed by atoms with van der Waals surface area (Å²) in [6.07, 6.45) is -2.60. The molecule has 0 spiro atoms. The number of benzene rings is 1. The number of alkyl halides is 2. The van der Waals surface area contributed by atoms with Crippen LogP contribution in [-0.4, -0.2) is 6.43 Å². The van der Waals surface area contributed by atoms with Gasteiger partial charge in [0.15, 0.2) is 0 Å². The third-order valence-corrected chi connectivity index (χ3v) is 2.29. The molecule has 0 radical (unpaired) electrons. The first kappa shape index (κ1) is 10.1. The summed E-state index contributed by atoms with van der Waals surface area (Å²) in [6, 6.07) is 5.72. The molecule has 1 aromatic heterocycles.